The first-order valence-corrected chi connectivity index (χ1v) is 4.47. The zero-order valence-electron chi connectivity index (χ0n) is 8.60. The maximum absolute atomic E-state index is 4.49. The first-order valence-electron chi connectivity index (χ1n) is 4.47. The SMILES string of the molecule is Cc1cc(C(C)C)c(C)nc1C. The van der Waals surface area contributed by atoms with Gasteiger partial charge >= 0.3 is 0 Å². The molecule has 0 aliphatic carbocycles. The molecule has 0 aliphatic heterocycles. The van der Waals surface area contributed by atoms with Crippen molar-refractivity contribution in [2.75, 3.05) is 0 Å². The summed E-state index contributed by atoms with van der Waals surface area (Å²) in [5.41, 5.74) is 4.99. The van der Waals surface area contributed by atoms with Crippen LogP contribution in [0.5, 0.6) is 0 Å². The summed E-state index contributed by atoms with van der Waals surface area (Å²) < 4.78 is 0. The Labute approximate surface area is 74.8 Å². The monoisotopic (exact) mass is 163 g/mol. The second-order valence-corrected chi connectivity index (χ2v) is 3.72. The van der Waals surface area contributed by atoms with Crippen LogP contribution in [0.15, 0.2) is 6.07 Å². The van der Waals surface area contributed by atoms with Crippen LogP contribution in [0.1, 0.15) is 42.3 Å². The number of aromatic nitrogens is 1. The van der Waals surface area contributed by atoms with Crippen LogP contribution in [0, 0.1) is 20.8 Å². The standard InChI is InChI=1S/C11H17N/c1-7(2)11-6-8(3)9(4)12-10(11)5/h6-7H,1-5H3. The van der Waals surface area contributed by atoms with Crippen LogP contribution in [-0.2, 0) is 0 Å². The molecule has 0 unspecified atom stereocenters. The molecule has 0 saturated heterocycles. The number of pyridine rings is 1. The van der Waals surface area contributed by atoms with Gasteiger partial charge in [0, 0.05) is 11.4 Å². The molecular formula is C11H17N. The summed E-state index contributed by atoms with van der Waals surface area (Å²) in [7, 11) is 0. The first-order chi connectivity index (χ1) is 5.52. The van der Waals surface area contributed by atoms with E-state index in [0.29, 0.717) is 5.92 Å². The maximum Gasteiger partial charge on any atom is 0.0410 e. The van der Waals surface area contributed by atoms with E-state index in [9.17, 15) is 0 Å². The van der Waals surface area contributed by atoms with Gasteiger partial charge in [-0.1, -0.05) is 19.9 Å². The van der Waals surface area contributed by atoms with Gasteiger partial charge in [-0.05, 0) is 37.8 Å². The quantitative estimate of drug-likeness (QED) is 0.619. The van der Waals surface area contributed by atoms with Crippen LogP contribution in [-0.4, -0.2) is 4.98 Å². The Morgan fingerprint density at radius 3 is 2.17 bits per heavy atom. The van der Waals surface area contributed by atoms with Crippen molar-refractivity contribution in [3.05, 3.63) is 28.6 Å². The minimum atomic E-state index is 0.580. The van der Waals surface area contributed by atoms with Gasteiger partial charge in [-0.15, -0.1) is 0 Å². The van der Waals surface area contributed by atoms with E-state index >= 15 is 0 Å². The fraction of sp³-hybridized carbons (Fsp3) is 0.545. The number of hydrogen-bond donors (Lipinski definition) is 0. The summed E-state index contributed by atoms with van der Waals surface area (Å²) in [5, 5.41) is 0. The minimum absolute atomic E-state index is 0.580. The molecule has 0 radical (unpaired) electrons. The van der Waals surface area contributed by atoms with Crippen LogP contribution in [0.3, 0.4) is 0 Å². The average molecular weight is 163 g/mol. The maximum atomic E-state index is 4.49. The molecule has 0 saturated carbocycles. The lowest BCUT2D eigenvalue weighted by atomic mass is 9.99. The van der Waals surface area contributed by atoms with Crippen LogP contribution in [0.4, 0.5) is 0 Å². The van der Waals surface area contributed by atoms with Crippen molar-refractivity contribution in [3.8, 4) is 0 Å². The molecule has 0 spiro atoms. The van der Waals surface area contributed by atoms with Gasteiger partial charge < -0.3 is 0 Å². The predicted octanol–water partition coefficient (Wildman–Crippen LogP) is 3.13. The fourth-order valence-electron chi connectivity index (χ4n) is 1.43. The zero-order valence-corrected chi connectivity index (χ0v) is 8.60. The van der Waals surface area contributed by atoms with Crippen molar-refractivity contribution in [1.29, 1.82) is 0 Å². The van der Waals surface area contributed by atoms with E-state index in [1.807, 2.05) is 0 Å². The third-order valence-corrected chi connectivity index (χ3v) is 2.32. The van der Waals surface area contributed by atoms with Crippen molar-refractivity contribution in [1.82, 2.24) is 4.98 Å². The predicted molar refractivity (Wildman–Crippen MR) is 52.5 cm³/mol. The average Bonchev–Trinajstić information content (AvgIpc) is 1.96. The molecule has 66 valence electrons. The Morgan fingerprint density at radius 2 is 1.67 bits per heavy atom. The van der Waals surface area contributed by atoms with E-state index in [4.69, 9.17) is 0 Å². The molecule has 1 aromatic rings. The van der Waals surface area contributed by atoms with Gasteiger partial charge in [-0.25, -0.2) is 0 Å². The summed E-state index contributed by atoms with van der Waals surface area (Å²) in [6, 6.07) is 2.25. The largest absolute Gasteiger partial charge is 0.258 e. The van der Waals surface area contributed by atoms with Gasteiger partial charge in [-0.2, -0.15) is 0 Å². The second kappa shape index (κ2) is 3.26. The van der Waals surface area contributed by atoms with Gasteiger partial charge in [0.05, 0.1) is 0 Å². The molecule has 1 heterocycles. The molecule has 1 rings (SSSR count). The molecular weight excluding hydrogens is 146 g/mol. The van der Waals surface area contributed by atoms with Crippen LogP contribution >= 0.6 is 0 Å². The molecule has 0 atom stereocenters. The molecule has 0 aliphatic rings. The first kappa shape index (κ1) is 9.24. The Balaban J connectivity index is 3.23. The normalized spacial score (nSPS) is 10.8. The van der Waals surface area contributed by atoms with Crippen molar-refractivity contribution >= 4 is 0 Å². The zero-order chi connectivity index (χ0) is 9.30. The van der Waals surface area contributed by atoms with Crippen LogP contribution in [0.25, 0.3) is 0 Å². The topological polar surface area (TPSA) is 12.9 Å². The lowest BCUT2D eigenvalue weighted by Gasteiger charge is -2.11. The van der Waals surface area contributed by atoms with Crippen molar-refractivity contribution in [2.24, 2.45) is 0 Å². The summed E-state index contributed by atoms with van der Waals surface area (Å²) in [4.78, 5) is 4.49. The summed E-state index contributed by atoms with van der Waals surface area (Å²) in [6.45, 7) is 10.7. The number of hydrogen-bond acceptors (Lipinski definition) is 1. The fourth-order valence-corrected chi connectivity index (χ4v) is 1.43. The van der Waals surface area contributed by atoms with Gasteiger partial charge in [0.1, 0.15) is 0 Å². The van der Waals surface area contributed by atoms with Gasteiger partial charge in [-0.3, -0.25) is 4.98 Å². The second-order valence-electron chi connectivity index (χ2n) is 3.72. The minimum Gasteiger partial charge on any atom is -0.258 e. The Bertz CT molecular complexity index is 287. The Morgan fingerprint density at radius 1 is 1.08 bits per heavy atom. The van der Waals surface area contributed by atoms with Gasteiger partial charge in [0.25, 0.3) is 0 Å². The smallest absolute Gasteiger partial charge is 0.0410 e. The van der Waals surface area contributed by atoms with Crippen LogP contribution < -0.4 is 0 Å². The molecule has 0 fully saturated rings. The number of aryl methyl sites for hydroxylation is 3. The van der Waals surface area contributed by atoms with Crippen molar-refractivity contribution < 1.29 is 0 Å². The summed E-state index contributed by atoms with van der Waals surface area (Å²) in [6.07, 6.45) is 0. The molecule has 0 bridgehead atoms. The van der Waals surface area contributed by atoms with Crippen molar-refractivity contribution in [2.45, 2.75) is 40.5 Å². The van der Waals surface area contributed by atoms with E-state index in [0.717, 1.165) is 5.69 Å². The molecule has 0 aromatic carbocycles. The van der Waals surface area contributed by atoms with Gasteiger partial charge in [0.15, 0.2) is 0 Å². The Hall–Kier alpha value is -0.850. The van der Waals surface area contributed by atoms with Crippen molar-refractivity contribution in [3.63, 3.8) is 0 Å². The third kappa shape index (κ3) is 1.66. The number of rotatable bonds is 1. The molecule has 0 amide bonds. The van der Waals surface area contributed by atoms with Gasteiger partial charge in [0.2, 0.25) is 0 Å². The lowest BCUT2D eigenvalue weighted by Crippen LogP contribution is -1.98. The highest BCUT2D eigenvalue weighted by atomic mass is 14.7. The molecule has 12 heavy (non-hydrogen) atoms. The Kier molecular flexibility index (Phi) is 2.51. The third-order valence-electron chi connectivity index (χ3n) is 2.32. The summed E-state index contributed by atoms with van der Waals surface area (Å²) >= 11 is 0. The van der Waals surface area contributed by atoms with E-state index in [1.54, 1.807) is 0 Å². The summed E-state index contributed by atoms with van der Waals surface area (Å²) in [5.74, 6) is 0.580. The lowest BCUT2D eigenvalue weighted by molar-refractivity contribution is 0.835. The highest BCUT2D eigenvalue weighted by molar-refractivity contribution is 5.30. The number of nitrogens with zero attached hydrogens (tertiary/aromatic N) is 1. The van der Waals surface area contributed by atoms with E-state index in [1.165, 1.54) is 16.8 Å². The van der Waals surface area contributed by atoms with E-state index in [2.05, 4.69) is 45.7 Å². The molecule has 1 aromatic heterocycles. The molecule has 1 heteroatoms. The van der Waals surface area contributed by atoms with E-state index < -0.39 is 0 Å². The highest BCUT2D eigenvalue weighted by Crippen LogP contribution is 2.19. The van der Waals surface area contributed by atoms with E-state index in [-0.39, 0.29) is 0 Å². The molecule has 0 N–H and O–H groups in total. The molecule has 1 nitrogen and oxygen atoms in total. The highest BCUT2D eigenvalue weighted by Gasteiger charge is 2.05. The van der Waals surface area contributed by atoms with Crippen LogP contribution in [0.2, 0.25) is 0 Å².